The van der Waals surface area contributed by atoms with E-state index in [-0.39, 0.29) is 12.1 Å². The zero-order chi connectivity index (χ0) is 19.4. The third kappa shape index (κ3) is 4.73. The highest BCUT2D eigenvalue weighted by Crippen LogP contribution is 2.26. The van der Waals surface area contributed by atoms with Crippen LogP contribution in [-0.2, 0) is 17.9 Å². The molecular formula is C15H12F3N5O3S. The van der Waals surface area contributed by atoms with E-state index in [0.29, 0.717) is 5.00 Å². The van der Waals surface area contributed by atoms with Gasteiger partial charge in [0.25, 0.3) is 0 Å². The third-order valence-electron chi connectivity index (χ3n) is 3.32. The minimum absolute atomic E-state index is 0.137. The summed E-state index contributed by atoms with van der Waals surface area (Å²) in [5.74, 6) is -1.02. The number of carbonyl (C=O) groups is 1. The van der Waals surface area contributed by atoms with Crippen LogP contribution in [0.4, 0.5) is 13.2 Å². The number of nitrogens with one attached hydrogen (secondary N) is 1. The maximum Gasteiger partial charge on any atom is 0.573 e. The van der Waals surface area contributed by atoms with E-state index in [1.807, 2.05) is 0 Å². The Balaban J connectivity index is 1.64. The summed E-state index contributed by atoms with van der Waals surface area (Å²) in [4.78, 5) is 24.2. The van der Waals surface area contributed by atoms with Crippen LogP contribution in [0.25, 0.3) is 5.00 Å². The molecule has 0 aliphatic carbocycles. The number of amides is 1. The molecule has 0 unspecified atom stereocenters. The molecule has 12 heteroatoms. The maximum atomic E-state index is 12.4. The predicted molar refractivity (Wildman–Crippen MR) is 88.5 cm³/mol. The minimum Gasteiger partial charge on any atom is -0.405 e. The van der Waals surface area contributed by atoms with Crippen molar-refractivity contribution in [1.82, 2.24) is 25.1 Å². The minimum atomic E-state index is -4.84. The van der Waals surface area contributed by atoms with Crippen molar-refractivity contribution in [2.45, 2.75) is 19.5 Å². The van der Waals surface area contributed by atoms with E-state index in [4.69, 9.17) is 0 Å². The maximum absolute atomic E-state index is 12.4. The summed E-state index contributed by atoms with van der Waals surface area (Å²) < 4.78 is 43.0. The van der Waals surface area contributed by atoms with E-state index in [9.17, 15) is 22.8 Å². The van der Waals surface area contributed by atoms with Crippen LogP contribution < -0.4 is 15.7 Å². The van der Waals surface area contributed by atoms with Crippen LogP contribution in [-0.4, -0.2) is 32.1 Å². The molecule has 0 spiro atoms. The first-order chi connectivity index (χ1) is 12.8. The van der Waals surface area contributed by atoms with Crippen molar-refractivity contribution in [1.29, 1.82) is 0 Å². The van der Waals surface area contributed by atoms with E-state index < -0.39 is 30.3 Å². The molecular weight excluding hydrogens is 387 g/mol. The largest absolute Gasteiger partial charge is 0.573 e. The van der Waals surface area contributed by atoms with Crippen molar-refractivity contribution in [3.8, 4) is 10.8 Å². The standard InChI is InChI=1S/C15H12F3N5O3S/c16-15(17,18)26-11-5-2-1-4-10(11)8-19-12(24)9-22-14(25)23(21-20-22)13-6-3-7-27-13/h1-7H,8-9H2,(H,19,24). The molecule has 1 N–H and O–H groups in total. The summed E-state index contributed by atoms with van der Waals surface area (Å²) in [6.07, 6.45) is -4.84. The fourth-order valence-corrected chi connectivity index (χ4v) is 2.83. The molecule has 1 aromatic carbocycles. The van der Waals surface area contributed by atoms with Crippen LogP contribution >= 0.6 is 11.3 Å². The van der Waals surface area contributed by atoms with Crippen molar-refractivity contribution >= 4 is 17.2 Å². The number of para-hydroxylation sites is 1. The Labute approximate surface area is 153 Å². The van der Waals surface area contributed by atoms with Gasteiger partial charge in [-0.2, -0.15) is 9.36 Å². The van der Waals surface area contributed by atoms with E-state index in [1.165, 1.54) is 29.5 Å². The van der Waals surface area contributed by atoms with Crippen LogP contribution in [0.5, 0.6) is 5.75 Å². The van der Waals surface area contributed by atoms with E-state index in [1.54, 1.807) is 17.5 Å². The molecule has 8 nitrogen and oxygen atoms in total. The van der Waals surface area contributed by atoms with Gasteiger partial charge in [-0.05, 0) is 34.0 Å². The molecule has 0 radical (unpaired) electrons. The smallest absolute Gasteiger partial charge is 0.405 e. The number of halogens is 3. The molecule has 0 atom stereocenters. The van der Waals surface area contributed by atoms with Gasteiger partial charge in [0.15, 0.2) is 0 Å². The van der Waals surface area contributed by atoms with Gasteiger partial charge >= 0.3 is 12.1 Å². The summed E-state index contributed by atoms with van der Waals surface area (Å²) in [5, 5.41) is 12.0. The Morgan fingerprint density at radius 2 is 1.96 bits per heavy atom. The number of ether oxygens (including phenoxy) is 1. The van der Waals surface area contributed by atoms with Crippen LogP contribution in [0.2, 0.25) is 0 Å². The first-order valence-corrected chi connectivity index (χ1v) is 8.38. The zero-order valence-corrected chi connectivity index (χ0v) is 14.3. The summed E-state index contributed by atoms with van der Waals surface area (Å²) >= 11 is 1.28. The second-order valence-corrected chi connectivity index (χ2v) is 6.14. The molecule has 0 fully saturated rings. The van der Waals surface area contributed by atoms with Crippen molar-refractivity contribution in [3.63, 3.8) is 0 Å². The van der Waals surface area contributed by atoms with Crippen LogP contribution in [0.3, 0.4) is 0 Å². The molecule has 0 saturated carbocycles. The number of thiophene rings is 1. The van der Waals surface area contributed by atoms with Crippen molar-refractivity contribution in [2.24, 2.45) is 0 Å². The molecule has 0 aliphatic heterocycles. The summed E-state index contributed by atoms with van der Waals surface area (Å²) in [6, 6.07) is 8.84. The van der Waals surface area contributed by atoms with Gasteiger partial charge in [0.05, 0.1) is 0 Å². The first-order valence-electron chi connectivity index (χ1n) is 7.50. The Morgan fingerprint density at radius 1 is 1.19 bits per heavy atom. The molecule has 1 amide bonds. The summed E-state index contributed by atoms with van der Waals surface area (Å²) in [7, 11) is 0. The average Bonchev–Trinajstić information content (AvgIpc) is 3.23. The molecule has 27 heavy (non-hydrogen) atoms. The van der Waals surface area contributed by atoms with Gasteiger partial charge in [0.2, 0.25) is 5.91 Å². The Kier molecular flexibility index (Phi) is 5.26. The predicted octanol–water partition coefficient (Wildman–Crippen LogP) is 1.71. The molecule has 2 aromatic heterocycles. The molecule has 0 saturated heterocycles. The van der Waals surface area contributed by atoms with Gasteiger partial charge < -0.3 is 10.1 Å². The number of rotatable bonds is 6. The van der Waals surface area contributed by atoms with Gasteiger partial charge in [0.1, 0.15) is 17.3 Å². The normalized spacial score (nSPS) is 11.4. The highest BCUT2D eigenvalue weighted by Gasteiger charge is 2.32. The third-order valence-corrected chi connectivity index (χ3v) is 4.17. The molecule has 3 rings (SSSR count). The van der Waals surface area contributed by atoms with Crippen molar-refractivity contribution < 1.29 is 22.7 Å². The number of aromatic nitrogens is 4. The summed E-state index contributed by atoms with van der Waals surface area (Å²) in [6.45, 7) is -0.634. The fourth-order valence-electron chi connectivity index (χ4n) is 2.16. The number of hydrogen-bond donors (Lipinski definition) is 1. The summed E-state index contributed by atoms with van der Waals surface area (Å²) in [5.41, 5.74) is -0.467. The lowest BCUT2D eigenvalue weighted by Gasteiger charge is -2.13. The van der Waals surface area contributed by atoms with Crippen molar-refractivity contribution in [2.75, 3.05) is 0 Å². The quantitative estimate of drug-likeness (QED) is 0.682. The van der Waals surface area contributed by atoms with Gasteiger partial charge in [-0.1, -0.05) is 18.2 Å². The fraction of sp³-hybridized carbons (Fsp3) is 0.200. The SMILES string of the molecule is O=C(Cn1nnn(-c2cccs2)c1=O)NCc1ccccc1OC(F)(F)F. The Hall–Kier alpha value is -3.15. The second-order valence-electron chi connectivity index (χ2n) is 5.21. The number of benzene rings is 1. The molecule has 2 heterocycles. The highest BCUT2D eigenvalue weighted by atomic mass is 32.1. The van der Waals surface area contributed by atoms with E-state index in [0.717, 1.165) is 15.4 Å². The van der Waals surface area contributed by atoms with Gasteiger partial charge in [-0.15, -0.1) is 24.5 Å². The second kappa shape index (κ2) is 7.61. The van der Waals surface area contributed by atoms with Gasteiger partial charge in [-0.3, -0.25) is 4.79 Å². The number of alkyl halides is 3. The monoisotopic (exact) mass is 399 g/mol. The van der Waals surface area contributed by atoms with Crippen LogP contribution in [0, 0.1) is 0 Å². The lowest BCUT2D eigenvalue weighted by Crippen LogP contribution is -2.33. The molecule has 0 bridgehead atoms. The molecule has 3 aromatic rings. The van der Waals surface area contributed by atoms with Gasteiger partial charge in [-0.25, -0.2) is 4.79 Å². The molecule has 142 valence electrons. The van der Waals surface area contributed by atoms with Crippen LogP contribution in [0.1, 0.15) is 5.56 Å². The Morgan fingerprint density at radius 3 is 2.67 bits per heavy atom. The average molecular weight is 399 g/mol. The highest BCUT2D eigenvalue weighted by molar-refractivity contribution is 7.12. The Bertz CT molecular complexity index is 981. The van der Waals surface area contributed by atoms with E-state index in [2.05, 4.69) is 20.5 Å². The molecule has 0 aliphatic rings. The number of nitrogens with zero attached hydrogens (tertiary/aromatic N) is 4. The lowest BCUT2D eigenvalue weighted by atomic mass is 10.2. The van der Waals surface area contributed by atoms with Crippen molar-refractivity contribution in [3.05, 3.63) is 57.8 Å². The number of hydrogen-bond acceptors (Lipinski definition) is 6. The first kappa shape index (κ1) is 18.6. The van der Waals surface area contributed by atoms with E-state index >= 15 is 0 Å². The number of tetrazole rings is 1. The van der Waals surface area contributed by atoms with Crippen LogP contribution in [0.15, 0.2) is 46.6 Å². The van der Waals surface area contributed by atoms with Gasteiger partial charge in [0, 0.05) is 12.1 Å². The zero-order valence-electron chi connectivity index (χ0n) is 13.5. The number of carbonyl (C=O) groups excluding carboxylic acids is 1. The topological polar surface area (TPSA) is 91.0 Å². The lowest BCUT2D eigenvalue weighted by molar-refractivity contribution is -0.274.